The van der Waals surface area contributed by atoms with Gasteiger partial charge < -0.3 is 4.74 Å². The van der Waals surface area contributed by atoms with E-state index in [-0.39, 0.29) is 6.42 Å². The Morgan fingerprint density at radius 3 is 2.93 bits per heavy atom. The third kappa shape index (κ3) is 2.19. The van der Waals surface area contributed by atoms with E-state index in [2.05, 4.69) is 11.3 Å². The fraction of sp³-hybridized carbons (Fsp3) is 0.182. The van der Waals surface area contributed by atoms with Crippen LogP contribution in [0.4, 0.5) is 4.39 Å². The fourth-order valence-corrected chi connectivity index (χ4v) is 1.12. The van der Waals surface area contributed by atoms with Crippen LogP contribution >= 0.6 is 0 Å². The first kappa shape index (κ1) is 10.4. The SMILES string of the molecule is C=Cc1cccc(CC(=O)OC)c1F. The van der Waals surface area contributed by atoms with Crippen molar-refractivity contribution in [3.8, 4) is 0 Å². The van der Waals surface area contributed by atoms with E-state index in [9.17, 15) is 9.18 Å². The molecule has 0 saturated carbocycles. The topological polar surface area (TPSA) is 26.3 Å². The number of halogens is 1. The molecule has 1 aromatic rings. The molecule has 0 amide bonds. The number of benzene rings is 1. The van der Waals surface area contributed by atoms with Gasteiger partial charge in [-0.2, -0.15) is 0 Å². The second kappa shape index (κ2) is 4.56. The molecule has 74 valence electrons. The molecule has 1 rings (SSSR count). The van der Waals surface area contributed by atoms with Crippen molar-refractivity contribution in [3.05, 3.63) is 41.7 Å². The van der Waals surface area contributed by atoms with E-state index in [4.69, 9.17) is 0 Å². The number of methoxy groups -OCH3 is 1. The van der Waals surface area contributed by atoms with Crippen LogP contribution in [0.2, 0.25) is 0 Å². The summed E-state index contributed by atoms with van der Waals surface area (Å²) < 4.78 is 17.9. The average molecular weight is 194 g/mol. The number of hydrogen-bond acceptors (Lipinski definition) is 2. The molecule has 0 aromatic heterocycles. The summed E-state index contributed by atoms with van der Waals surface area (Å²) in [5, 5.41) is 0. The maximum Gasteiger partial charge on any atom is 0.310 e. The molecule has 0 heterocycles. The Labute approximate surface area is 82.0 Å². The van der Waals surface area contributed by atoms with Crippen molar-refractivity contribution in [1.82, 2.24) is 0 Å². The molecule has 0 saturated heterocycles. The highest BCUT2D eigenvalue weighted by Crippen LogP contribution is 2.14. The first-order valence-electron chi connectivity index (χ1n) is 4.15. The van der Waals surface area contributed by atoms with Crippen LogP contribution in [0.1, 0.15) is 11.1 Å². The van der Waals surface area contributed by atoms with Gasteiger partial charge in [0.05, 0.1) is 13.5 Å². The second-order valence-electron chi connectivity index (χ2n) is 2.78. The van der Waals surface area contributed by atoms with Crippen LogP contribution in [-0.2, 0) is 16.0 Å². The predicted octanol–water partition coefficient (Wildman–Crippen LogP) is 2.18. The molecule has 0 unspecified atom stereocenters. The summed E-state index contributed by atoms with van der Waals surface area (Å²) >= 11 is 0. The lowest BCUT2D eigenvalue weighted by Crippen LogP contribution is -2.06. The van der Waals surface area contributed by atoms with E-state index < -0.39 is 11.8 Å². The van der Waals surface area contributed by atoms with E-state index >= 15 is 0 Å². The molecule has 0 spiro atoms. The number of esters is 1. The van der Waals surface area contributed by atoms with Gasteiger partial charge in [-0.1, -0.05) is 30.9 Å². The Bertz CT molecular complexity index is 358. The third-order valence-corrected chi connectivity index (χ3v) is 1.89. The minimum atomic E-state index is -0.454. The lowest BCUT2D eigenvalue weighted by molar-refractivity contribution is -0.139. The summed E-state index contributed by atoms with van der Waals surface area (Å²) in [6.07, 6.45) is 1.36. The zero-order chi connectivity index (χ0) is 10.6. The first-order valence-corrected chi connectivity index (χ1v) is 4.15. The highest BCUT2D eigenvalue weighted by molar-refractivity contribution is 5.72. The smallest absolute Gasteiger partial charge is 0.310 e. The molecule has 0 aliphatic rings. The van der Waals surface area contributed by atoms with Crippen LogP contribution < -0.4 is 0 Å². The summed E-state index contributed by atoms with van der Waals surface area (Å²) in [4.78, 5) is 10.9. The van der Waals surface area contributed by atoms with Crippen LogP contribution in [0.3, 0.4) is 0 Å². The second-order valence-corrected chi connectivity index (χ2v) is 2.78. The fourth-order valence-electron chi connectivity index (χ4n) is 1.12. The summed E-state index contributed by atoms with van der Waals surface area (Å²) in [7, 11) is 1.28. The normalized spacial score (nSPS) is 9.57. The number of carbonyl (C=O) groups excluding carboxylic acids is 1. The van der Waals surface area contributed by atoms with Crippen molar-refractivity contribution < 1.29 is 13.9 Å². The summed E-state index contributed by atoms with van der Waals surface area (Å²) in [6, 6.07) is 4.83. The Hall–Kier alpha value is -1.64. The zero-order valence-corrected chi connectivity index (χ0v) is 7.92. The molecule has 0 bridgehead atoms. The third-order valence-electron chi connectivity index (χ3n) is 1.89. The summed E-state index contributed by atoms with van der Waals surface area (Å²) in [5.74, 6) is -0.863. The van der Waals surface area contributed by atoms with Gasteiger partial charge in [0.1, 0.15) is 5.82 Å². The Balaban J connectivity index is 2.97. The van der Waals surface area contributed by atoms with E-state index in [0.29, 0.717) is 11.1 Å². The maximum atomic E-state index is 13.5. The summed E-state index contributed by atoms with van der Waals surface area (Å²) in [5.41, 5.74) is 0.723. The van der Waals surface area contributed by atoms with Gasteiger partial charge in [-0.05, 0) is 5.56 Å². The molecule has 0 atom stereocenters. The molecule has 0 radical (unpaired) electrons. The zero-order valence-electron chi connectivity index (χ0n) is 7.92. The van der Waals surface area contributed by atoms with Crippen LogP contribution in [-0.4, -0.2) is 13.1 Å². The van der Waals surface area contributed by atoms with Gasteiger partial charge in [0.2, 0.25) is 0 Å². The molecule has 0 aliphatic heterocycles. The highest BCUT2D eigenvalue weighted by Gasteiger charge is 2.09. The van der Waals surface area contributed by atoms with E-state index in [1.54, 1.807) is 18.2 Å². The molecule has 2 nitrogen and oxygen atoms in total. The summed E-state index contributed by atoms with van der Waals surface area (Å²) in [6.45, 7) is 3.48. The van der Waals surface area contributed by atoms with Crippen LogP contribution in [0, 0.1) is 5.82 Å². The van der Waals surface area contributed by atoms with E-state index in [0.717, 1.165) is 0 Å². The largest absolute Gasteiger partial charge is 0.469 e. The first-order chi connectivity index (χ1) is 6.69. The predicted molar refractivity (Wildman–Crippen MR) is 52.2 cm³/mol. The Morgan fingerprint density at radius 2 is 2.36 bits per heavy atom. The van der Waals surface area contributed by atoms with Gasteiger partial charge in [-0.3, -0.25) is 4.79 Å². The van der Waals surface area contributed by atoms with Crippen molar-refractivity contribution in [2.24, 2.45) is 0 Å². The van der Waals surface area contributed by atoms with Gasteiger partial charge in [-0.25, -0.2) is 4.39 Å². The average Bonchev–Trinajstić information content (AvgIpc) is 2.21. The minimum absolute atomic E-state index is 0.0516. The van der Waals surface area contributed by atoms with Crippen molar-refractivity contribution in [3.63, 3.8) is 0 Å². The molecule has 0 fully saturated rings. The highest BCUT2D eigenvalue weighted by atomic mass is 19.1. The van der Waals surface area contributed by atoms with Crippen LogP contribution in [0.25, 0.3) is 6.08 Å². The minimum Gasteiger partial charge on any atom is -0.469 e. The Kier molecular flexibility index (Phi) is 3.40. The number of rotatable bonds is 3. The molecule has 0 N–H and O–H groups in total. The van der Waals surface area contributed by atoms with Gasteiger partial charge in [0.25, 0.3) is 0 Å². The monoisotopic (exact) mass is 194 g/mol. The van der Waals surface area contributed by atoms with Crippen molar-refractivity contribution in [1.29, 1.82) is 0 Å². The van der Waals surface area contributed by atoms with Crippen molar-refractivity contribution >= 4 is 12.0 Å². The van der Waals surface area contributed by atoms with Crippen molar-refractivity contribution in [2.75, 3.05) is 7.11 Å². The molecule has 0 aliphatic carbocycles. The van der Waals surface area contributed by atoms with Gasteiger partial charge in [-0.15, -0.1) is 0 Å². The van der Waals surface area contributed by atoms with Gasteiger partial charge in [0.15, 0.2) is 0 Å². The number of carbonyl (C=O) groups is 1. The molecular formula is C11H11FO2. The number of ether oxygens (including phenoxy) is 1. The van der Waals surface area contributed by atoms with E-state index in [1.807, 2.05) is 0 Å². The molecule has 14 heavy (non-hydrogen) atoms. The lowest BCUT2D eigenvalue weighted by atomic mass is 10.1. The Morgan fingerprint density at radius 1 is 1.64 bits per heavy atom. The quantitative estimate of drug-likeness (QED) is 0.689. The van der Waals surface area contributed by atoms with Crippen molar-refractivity contribution in [2.45, 2.75) is 6.42 Å². The maximum absolute atomic E-state index is 13.5. The molecule has 3 heteroatoms. The standard InChI is InChI=1S/C11H11FO2/c1-3-8-5-4-6-9(11(8)12)7-10(13)14-2/h3-6H,1,7H2,2H3. The van der Waals surface area contributed by atoms with E-state index in [1.165, 1.54) is 13.2 Å². The lowest BCUT2D eigenvalue weighted by Gasteiger charge is -2.03. The van der Waals surface area contributed by atoms with Gasteiger partial charge in [0, 0.05) is 5.56 Å². The molecule has 1 aromatic carbocycles. The van der Waals surface area contributed by atoms with Crippen LogP contribution in [0.5, 0.6) is 0 Å². The van der Waals surface area contributed by atoms with Gasteiger partial charge >= 0.3 is 5.97 Å². The molecular weight excluding hydrogens is 183 g/mol. The number of hydrogen-bond donors (Lipinski definition) is 0. The van der Waals surface area contributed by atoms with Crippen LogP contribution in [0.15, 0.2) is 24.8 Å².